The SMILES string of the molecule is CSC1(CNC(=O)C2CCCC2C(=O)O)CCCCC1. The molecule has 2 rings (SSSR count). The van der Waals surface area contributed by atoms with Crippen molar-refractivity contribution in [3.05, 3.63) is 0 Å². The Labute approximate surface area is 125 Å². The van der Waals surface area contributed by atoms with Crippen LogP contribution in [-0.4, -0.2) is 34.5 Å². The molecule has 5 heteroatoms. The highest BCUT2D eigenvalue weighted by Gasteiger charge is 2.39. The lowest BCUT2D eigenvalue weighted by molar-refractivity contribution is -0.146. The topological polar surface area (TPSA) is 66.4 Å². The van der Waals surface area contributed by atoms with E-state index in [4.69, 9.17) is 5.11 Å². The van der Waals surface area contributed by atoms with Crippen LogP contribution in [0.15, 0.2) is 0 Å². The average molecular weight is 299 g/mol. The van der Waals surface area contributed by atoms with Crippen molar-refractivity contribution < 1.29 is 14.7 Å². The molecular formula is C15H25NO3S. The highest BCUT2D eigenvalue weighted by molar-refractivity contribution is 8.00. The molecule has 1 amide bonds. The zero-order chi connectivity index (χ0) is 14.6. The fraction of sp³-hybridized carbons (Fsp3) is 0.867. The smallest absolute Gasteiger partial charge is 0.307 e. The van der Waals surface area contributed by atoms with E-state index in [0.717, 1.165) is 25.7 Å². The van der Waals surface area contributed by atoms with Crippen LogP contribution in [0.3, 0.4) is 0 Å². The minimum atomic E-state index is -0.820. The lowest BCUT2D eigenvalue weighted by Gasteiger charge is -2.36. The van der Waals surface area contributed by atoms with Gasteiger partial charge in [-0.3, -0.25) is 9.59 Å². The lowest BCUT2D eigenvalue weighted by atomic mass is 9.87. The van der Waals surface area contributed by atoms with Crippen LogP contribution in [0.5, 0.6) is 0 Å². The molecule has 2 saturated carbocycles. The van der Waals surface area contributed by atoms with Gasteiger partial charge in [-0.2, -0.15) is 11.8 Å². The van der Waals surface area contributed by atoms with Crippen LogP contribution < -0.4 is 5.32 Å². The van der Waals surface area contributed by atoms with Gasteiger partial charge in [-0.25, -0.2) is 0 Å². The molecule has 2 atom stereocenters. The second-order valence-corrected chi connectivity index (χ2v) is 7.42. The van der Waals surface area contributed by atoms with Gasteiger partial charge >= 0.3 is 5.97 Å². The summed E-state index contributed by atoms with van der Waals surface area (Å²) in [5.41, 5.74) is 0. The quantitative estimate of drug-likeness (QED) is 0.819. The number of rotatable bonds is 5. The van der Waals surface area contributed by atoms with E-state index < -0.39 is 11.9 Å². The molecule has 2 aliphatic carbocycles. The summed E-state index contributed by atoms with van der Waals surface area (Å²) in [4.78, 5) is 23.4. The van der Waals surface area contributed by atoms with Gasteiger partial charge in [0.25, 0.3) is 0 Å². The molecule has 4 nitrogen and oxygen atoms in total. The van der Waals surface area contributed by atoms with Gasteiger partial charge < -0.3 is 10.4 Å². The second kappa shape index (κ2) is 6.83. The fourth-order valence-corrected chi connectivity index (χ4v) is 4.51. The predicted octanol–water partition coefficient (Wildman–Crippen LogP) is 2.67. The number of carbonyl (C=O) groups excluding carboxylic acids is 1. The third-order valence-electron chi connectivity index (χ3n) is 4.95. The maximum absolute atomic E-state index is 12.3. The molecule has 0 saturated heterocycles. The highest BCUT2D eigenvalue weighted by Crippen LogP contribution is 2.38. The molecule has 0 heterocycles. The minimum absolute atomic E-state index is 0.0473. The maximum atomic E-state index is 12.3. The Bertz CT molecular complexity index is 366. The molecule has 0 aromatic carbocycles. The Kier molecular flexibility index (Phi) is 5.35. The summed E-state index contributed by atoms with van der Waals surface area (Å²) in [5.74, 6) is -1.67. The largest absolute Gasteiger partial charge is 0.481 e. The molecule has 0 aromatic heterocycles. The summed E-state index contributed by atoms with van der Waals surface area (Å²) in [6, 6.07) is 0. The lowest BCUT2D eigenvalue weighted by Crippen LogP contribution is -2.44. The molecule has 114 valence electrons. The predicted molar refractivity (Wildman–Crippen MR) is 80.8 cm³/mol. The number of thioether (sulfide) groups is 1. The van der Waals surface area contributed by atoms with Crippen LogP contribution in [0, 0.1) is 11.8 Å². The first-order valence-corrected chi connectivity index (χ1v) is 8.86. The van der Waals surface area contributed by atoms with Gasteiger partial charge in [-0.1, -0.05) is 25.7 Å². The van der Waals surface area contributed by atoms with Crippen molar-refractivity contribution in [2.45, 2.75) is 56.1 Å². The number of nitrogens with one attached hydrogen (secondary N) is 1. The molecular weight excluding hydrogens is 274 g/mol. The number of hydrogen-bond acceptors (Lipinski definition) is 3. The first kappa shape index (κ1) is 15.7. The summed E-state index contributed by atoms with van der Waals surface area (Å²) < 4.78 is 0.172. The number of carboxylic acids is 1. The van der Waals surface area contributed by atoms with E-state index in [2.05, 4.69) is 11.6 Å². The Morgan fingerprint density at radius 2 is 1.80 bits per heavy atom. The molecule has 2 N–H and O–H groups in total. The van der Waals surface area contributed by atoms with Gasteiger partial charge in [0.05, 0.1) is 11.8 Å². The zero-order valence-corrected chi connectivity index (χ0v) is 13.0. The monoisotopic (exact) mass is 299 g/mol. The summed E-state index contributed by atoms with van der Waals surface area (Å²) in [6.07, 6.45) is 10.4. The number of aliphatic carboxylic acids is 1. The van der Waals surface area contributed by atoms with Crippen molar-refractivity contribution in [2.75, 3.05) is 12.8 Å². The average Bonchev–Trinajstić information content (AvgIpc) is 2.95. The van der Waals surface area contributed by atoms with Crippen LogP contribution in [0.4, 0.5) is 0 Å². The van der Waals surface area contributed by atoms with E-state index in [0.29, 0.717) is 13.0 Å². The number of carbonyl (C=O) groups is 2. The highest BCUT2D eigenvalue weighted by atomic mass is 32.2. The third kappa shape index (κ3) is 3.48. The molecule has 0 aliphatic heterocycles. The zero-order valence-electron chi connectivity index (χ0n) is 12.2. The molecule has 2 fully saturated rings. The number of hydrogen-bond donors (Lipinski definition) is 2. The normalized spacial score (nSPS) is 29.1. The van der Waals surface area contributed by atoms with E-state index >= 15 is 0 Å². The van der Waals surface area contributed by atoms with Gasteiger partial charge in [0.15, 0.2) is 0 Å². The van der Waals surface area contributed by atoms with E-state index in [1.807, 2.05) is 11.8 Å². The maximum Gasteiger partial charge on any atom is 0.307 e. The molecule has 0 bridgehead atoms. The first-order valence-electron chi connectivity index (χ1n) is 7.64. The van der Waals surface area contributed by atoms with Crippen LogP contribution in [-0.2, 0) is 9.59 Å². The van der Waals surface area contributed by atoms with E-state index in [1.54, 1.807) is 0 Å². The summed E-state index contributed by atoms with van der Waals surface area (Å²) in [7, 11) is 0. The van der Waals surface area contributed by atoms with Crippen molar-refractivity contribution in [1.29, 1.82) is 0 Å². The molecule has 2 unspecified atom stereocenters. The van der Waals surface area contributed by atoms with E-state index in [-0.39, 0.29) is 16.6 Å². The summed E-state index contributed by atoms with van der Waals surface area (Å²) in [5, 5.41) is 12.2. The molecule has 0 spiro atoms. The van der Waals surface area contributed by atoms with Gasteiger partial charge in [0.1, 0.15) is 0 Å². The first-order chi connectivity index (χ1) is 9.58. The summed E-state index contributed by atoms with van der Waals surface area (Å²) in [6.45, 7) is 0.690. The van der Waals surface area contributed by atoms with Crippen LogP contribution in [0.25, 0.3) is 0 Å². The van der Waals surface area contributed by atoms with Gasteiger partial charge in [-0.05, 0) is 31.9 Å². The van der Waals surface area contributed by atoms with E-state index in [9.17, 15) is 9.59 Å². The number of amides is 1. The Morgan fingerprint density at radius 3 is 2.40 bits per heavy atom. The van der Waals surface area contributed by atoms with Crippen LogP contribution in [0.1, 0.15) is 51.4 Å². The Hall–Kier alpha value is -0.710. The van der Waals surface area contributed by atoms with Gasteiger partial charge in [0.2, 0.25) is 5.91 Å². The standard InChI is InChI=1S/C15H25NO3S/c1-20-15(8-3-2-4-9-15)10-16-13(17)11-6-5-7-12(11)14(18)19/h11-12H,2-10H2,1H3,(H,16,17)(H,18,19). The van der Waals surface area contributed by atoms with Gasteiger partial charge in [-0.15, -0.1) is 0 Å². The molecule has 20 heavy (non-hydrogen) atoms. The number of carboxylic acid groups (broad SMARTS) is 1. The van der Waals surface area contributed by atoms with Crippen molar-refractivity contribution in [2.24, 2.45) is 11.8 Å². The fourth-order valence-electron chi connectivity index (χ4n) is 3.60. The van der Waals surface area contributed by atoms with Crippen molar-refractivity contribution in [1.82, 2.24) is 5.32 Å². The van der Waals surface area contributed by atoms with E-state index in [1.165, 1.54) is 19.3 Å². The second-order valence-electron chi connectivity index (χ2n) is 6.15. The molecule has 2 aliphatic rings. The third-order valence-corrected chi connectivity index (χ3v) is 6.37. The minimum Gasteiger partial charge on any atom is -0.481 e. The molecule has 0 radical (unpaired) electrons. The van der Waals surface area contributed by atoms with Crippen molar-refractivity contribution in [3.63, 3.8) is 0 Å². The van der Waals surface area contributed by atoms with Gasteiger partial charge in [0, 0.05) is 11.3 Å². The van der Waals surface area contributed by atoms with Crippen molar-refractivity contribution in [3.8, 4) is 0 Å². The Morgan fingerprint density at radius 1 is 1.15 bits per heavy atom. The van der Waals surface area contributed by atoms with Crippen molar-refractivity contribution >= 4 is 23.6 Å². The van der Waals surface area contributed by atoms with Crippen LogP contribution in [0.2, 0.25) is 0 Å². The molecule has 0 aromatic rings. The van der Waals surface area contributed by atoms with Crippen LogP contribution >= 0.6 is 11.8 Å². The summed E-state index contributed by atoms with van der Waals surface area (Å²) >= 11 is 1.85. The Balaban J connectivity index is 1.89.